The molecule has 0 bridgehead atoms. The second kappa shape index (κ2) is 7.74. The summed E-state index contributed by atoms with van der Waals surface area (Å²) >= 11 is 3.38. The minimum atomic E-state index is -2.87. The third kappa shape index (κ3) is 6.20. The number of ether oxygens (including phenoxy) is 1. The van der Waals surface area contributed by atoms with Gasteiger partial charge in [0.05, 0.1) is 22.4 Å². The van der Waals surface area contributed by atoms with Gasteiger partial charge in [-0.05, 0) is 6.42 Å². The summed E-state index contributed by atoms with van der Waals surface area (Å²) in [4.78, 5) is -0.0207. The summed E-state index contributed by atoms with van der Waals surface area (Å²) < 4.78 is 28.3. The number of hydrogen-bond donors (Lipinski definition) is 0. The summed E-state index contributed by atoms with van der Waals surface area (Å²) in [6.45, 7) is 2.90. The number of rotatable bonds is 8. The van der Waals surface area contributed by atoms with Crippen molar-refractivity contribution in [1.29, 1.82) is 0 Å². The van der Waals surface area contributed by atoms with Gasteiger partial charge in [-0.3, -0.25) is 0 Å². The summed E-state index contributed by atoms with van der Waals surface area (Å²) in [6, 6.07) is 0. The van der Waals surface area contributed by atoms with E-state index in [1.165, 1.54) is 32.1 Å². The maximum absolute atomic E-state index is 11.3. The van der Waals surface area contributed by atoms with Crippen molar-refractivity contribution in [1.82, 2.24) is 0 Å². The van der Waals surface area contributed by atoms with Crippen molar-refractivity contribution in [3.63, 3.8) is 0 Å². The molecule has 0 amide bonds. The highest BCUT2D eigenvalue weighted by Crippen LogP contribution is 2.22. The fourth-order valence-electron chi connectivity index (χ4n) is 2.04. The lowest BCUT2D eigenvalue weighted by molar-refractivity contribution is 0.0724. The van der Waals surface area contributed by atoms with Gasteiger partial charge in [0, 0.05) is 6.61 Å². The van der Waals surface area contributed by atoms with Gasteiger partial charge in [0.25, 0.3) is 0 Å². The van der Waals surface area contributed by atoms with Gasteiger partial charge in [-0.1, -0.05) is 55.0 Å². The molecule has 0 aromatic carbocycles. The van der Waals surface area contributed by atoms with Gasteiger partial charge < -0.3 is 4.74 Å². The quantitative estimate of drug-likeness (QED) is 0.508. The van der Waals surface area contributed by atoms with E-state index in [0.717, 1.165) is 6.42 Å². The fourth-order valence-corrected chi connectivity index (χ4v) is 5.50. The van der Waals surface area contributed by atoms with E-state index in [-0.39, 0.29) is 22.4 Å². The molecule has 0 aliphatic carbocycles. The smallest absolute Gasteiger partial charge is 0.154 e. The predicted octanol–water partition coefficient (Wildman–Crippen LogP) is 2.92. The van der Waals surface area contributed by atoms with Crippen LogP contribution in [0.3, 0.4) is 0 Å². The van der Waals surface area contributed by atoms with Crippen LogP contribution >= 0.6 is 15.9 Å². The Morgan fingerprint density at radius 2 is 1.76 bits per heavy atom. The lowest BCUT2D eigenvalue weighted by atomic mass is 10.1. The van der Waals surface area contributed by atoms with Crippen LogP contribution in [0.2, 0.25) is 0 Å². The minimum Gasteiger partial charge on any atom is -0.376 e. The summed E-state index contributed by atoms with van der Waals surface area (Å²) in [5.41, 5.74) is 0. The van der Waals surface area contributed by atoms with Crippen molar-refractivity contribution < 1.29 is 13.2 Å². The van der Waals surface area contributed by atoms with E-state index >= 15 is 0 Å². The van der Waals surface area contributed by atoms with Crippen LogP contribution in [-0.4, -0.2) is 37.5 Å². The van der Waals surface area contributed by atoms with Gasteiger partial charge in [-0.2, -0.15) is 0 Å². The highest BCUT2D eigenvalue weighted by molar-refractivity contribution is 9.09. The molecular formula is C12H23BrO3S. The number of unbranched alkanes of at least 4 members (excludes halogenated alkanes) is 5. The Morgan fingerprint density at radius 3 is 2.35 bits per heavy atom. The molecule has 0 spiro atoms. The van der Waals surface area contributed by atoms with E-state index in [1.54, 1.807) is 0 Å². The lowest BCUT2D eigenvalue weighted by Gasteiger charge is -2.13. The molecule has 0 radical (unpaired) electrons. The van der Waals surface area contributed by atoms with Gasteiger partial charge in [0.15, 0.2) is 9.84 Å². The summed E-state index contributed by atoms with van der Waals surface area (Å²) in [5.74, 6) is 0.396. The Kier molecular flexibility index (Phi) is 7.04. The van der Waals surface area contributed by atoms with Crippen LogP contribution < -0.4 is 0 Å². The molecule has 0 aromatic heterocycles. The summed E-state index contributed by atoms with van der Waals surface area (Å²) in [5, 5.41) is 0. The number of sulfone groups is 1. The Labute approximate surface area is 113 Å². The largest absolute Gasteiger partial charge is 0.376 e. The zero-order chi connectivity index (χ0) is 12.7. The molecule has 0 N–H and O–H groups in total. The number of hydrogen-bond acceptors (Lipinski definition) is 3. The molecule has 102 valence electrons. The molecule has 0 saturated carbocycles. The molecule has 1 saturated heterocycles. The van der Waals surface area contributed by atoms with Crippen molar-refractivity contribution in [2.45, 2.75) is 56.4 Å². The van der Waals surface area contributed by atoms with E-state index in [9.17, 15) is 8.42 Å². The topological polar surface area (TPSA) is 43.4 Å². The minimum absolute atomic E-state index is 0.0207. The van der Waals surface area contributed by atoms with E-state index in [2.05, 4.69) is 22.9 Å². The molecule has 5 heteroatoms. The molecule has 2 atom stereocenters. The van der Waals surface area contributed by atoms with Gasteiger partial charge in [0.2, 0.25) is 0 Å². The first-order valence-corrected chi connectivity index (χ1v) is 9.25. The monoisotopic (exact) mass is 326 g/mol. The van der Waals surface area contributed by atoms with Crippen LogP contribution in [0.1, 0.15) is 45.4 Å². The molecule has 1 aliphatic heterocycles. The van der Waals surface area contributed by atoms with Crippen LogP contribution in [0.5, 0.6) is 0 Å². The second-order valence-electron chi connectivity index (χ2n) is 4.77. The normalized spacial score (nSPS) is 27.4. The molecule has 1 fully saturated rings. The average molecular weight is 327 g/mol. The highest BCUT2D eigenvalue weighted by Gasteiger charge is 2.36. The molecule has 1 rings (SSSR count). The Hall–Kier alpha value is 0.390. The highest BCUT2D eigenvalue weighted by atomic mass is 79.9. The van der Waals surface area contributed by atoms with Gasteiger partial charge in [-0.25, -0.2) is 8.42 Å². The maximum atomic E-state index is 11.3. The van der Waals surface area contributed by atoms with Crippen LogP contribution in [0.4, 0.5) is 0 Å². The molecule has 17 heavy (non-hydrogen) atoms. The summed E-state index contributed by atoms with van der Waals surface area (Å²) in [7, 11) is -2.87. The molecule has 3 nitrogen and oxygen atoms in total. The average Bonchev–Trinajstić information content (AvgIpc) is 2.51. The number of halogens is 1. The summed E-state index contributed by atoms with van der Waals surface area (Å²) in [6.07, 6.45) is 7.22. The first-order valence-electron chi connectivity index (χ1n) is 6.51. The van der Waals surface area contributed by atoms with E-state index in [0.29, 0.717) is 6.61 Å². The van der Waals surface area contributed by atoms with Crippen LogP contribution in [0.15, 0.2) is 0 Å². The Morgan fingerprint density at radius 1 is 1.12 bits per heavy atom. The van der Waals surface area contributed by atoms with Crippen molar-refractivity contribution in [3.05, 3.63) is 0 Å². The van der Waals surface area contributed by atoms with Gasteiger partial charge in [0.1, 0.15) is 0 Å². The third-order valence-corrected chi connectivity index (χ3v) is 6.11. The lowest BCUT2D eigenvalue weighted by Crippen LogP contribution is -2.22. The molecule has 2 unspecified atom stereocenters. The van der Waals surface area contributed by atoms with E-state index in [1.807, 2.05) is 0 Å². The Balaban J connectivity index is 2.04. The van der Waals surface area contributed by atoms with E-state index in [4.69, 9.17) is 4.74 Å². The van der Waals surface area contributed by atoms with Crippen LogP contribution in [-0.2, 0) is 14.6 Å². The first kappa shape index (κ1) is 15.4. The van der Waals surface area contributed by atoms with Crippen molar-refractivity contribution in [2.24, 2.45) is 0 Å². The SMILES string of the molecule is CCCCCCCCOC1CS(=O)(=O)CC1Br. The van der Waals surface area contributed by atoms with Crippen molar-refractivity contribution in [3.8, 4) is 0 Å². The molecular weight excluding hydrogens is 304 g/mol. The molecule has 1 aliphatic rings. The molecule has 1 heterocycles. The third-order valence-electron chi connectivity index (χ3n) is 3.06. The zero-order valence-electron chi connectivity index (χ0n) is 10.5. The van der Waals surface area contributed by atoms with E-state index < -0.39 is 9.84 Å². The number of alkyl halides is 1. The van der Waals surface area contributed by atoms with Crippen LogP contribution in [0, 0.1) is 0 Å². The maximum Gasteiger partial charge on any atom is 0.154 e. The zero-order valence-corrected chi connectivity index (χ0v) is 12.9. The van der Waals surface area contributed by atoms with Crippen molar-refractivity contribution in [2.75, 3.05) is 18.1 Å². The van der Waals surface area contributed by atoms with Gasteiger partial charge >= 0.3 is 0 Å². The fraction of sp³-hybridized carbons (Fsp3) is 1.00. The predicted molar refractivity (Wildman–Crippen MR) is 74.5 cm³/mol. The first-order chi connectivity index (χ1) is 8.05. The standard InChI is InChI=1S/C12H23BrO3S/c1-2-3-4-5-6-7-8-16-12-10-17(14,15)9-11(12)13/h11-12H,2-10H2,1H3. The molecule has 0 aromatic rings. The Bertz CT molecular complexity index is 303. The van der Waals surface area contributed by atoms with Crippen molar-refractivity contribution >= 4 is 25.8 Å². The second-order valence-corrected chi connectivity index (χ2v) is 8.10. The van der Waals surface area contributed by atoms with Crippen LogP contribution in [0.25, 0.3) is 0 Å². The van der Waals surface area contributed by atoms with Gasteiger partial charge in [-0.15, -0.1) is 0 Å².